The number of carbonyl (C=O) groups is 2. The molecule has 0 aliphatic heterocycles. The molecule has 1 heterocycles. The van der Waals surface area contributed by atoms with Crippen molar-refractivity contribution in [2.24, 2.45) is 5.41 Å². The van der Waals surface area contributed by atoms with Gasteiger partial charge in [-0.25, -0.2) is 9.97 Å². The minimum absolute atomic E-state index is 0.0658. The zero-order valence-electron chi connectivity index (χ0n) is 18.5. The van der Waals surface area contributed by atoms with Gasteiger partial charge >= 0.3 is 0 Å². The molecule has 5 rings (SSSR count). The number of nitrogens with zero attached hydrogens (tertiary/aromatic N) is 2. The van der Waals surface area contributed by atoms with Gasteiger partial charge in [-0.2, -0.15) is 0 Å². The zero-order valence-corrected chi connectivity index (χ0v) is 18.5. The van der Waals surface area contributed by atoms with Crippen LogP contribution < -0.4 is 10.1 Å². The standard InChI is InChI=1S/C27H27N3O3/c31-24(21-16-28-18-29-17-21)14-27(12-13-27)26(32)30-15-19-8-10-22(11-9-19)33-25-7-3-5-20-4-1-2-6-23(20)25/h3,5,7-11,16-18H,1-2,4,6,12-15H2,(H,30,32). The van der Waals surface area contributed by atoms with Crippen molar-refractivity contribution in [3.8, 4) is 11.5 Å². The molecule has 0 unspecified atom stereocenters. The van der Waals surface area contributed by atoms with Crippen LogP contribution in [0.15, 0.2) is 61.2 Å². The molecule has 1 aromatic heterocycles. The zero-order chi connectivity index (χ0) is 22.7. The lowest BCUT2D eigenvalue weighted by Crippen LogP contribution is -2.33. The van der Waals surface area contributed by atoms with Gasteiger partial charge in [0.2, 0.25) is 5.91 Å². The summed E-state index contributed by atoms with van der Waals surface area (Å²) >= 11 is 0. The molecule has 3 aromatic rings. The summed E-state index contributed by atoms with van der Waals surface area (Å²) < 4.78 is 6.17. The number of aryl methyl sites for hydroxylation is 1. The van der Waals surface area contributed by atoms with Gasteiger partial charge in [0, 0.05) is 25.4 Å². The molecule has 0 saturated heterocycles. The van der Waals surface area contributed by atoms with Crippen LogP contribution in [0.1, 0.15) is 59.2 Å². The van der Waals surface area contributed by atoms with Crippen LogP contribution in [-0.4, -0.2) is 21.7 Å². The summed E-state index contributed by atoms with van der Waals surface area (Å²) in [7, 11) is 0. The molecule has 6 nitrogen and oxygen atoms in total. The molecule has 2 aliphatic carbocycles. The maximum atomic E-state index is 12.8. The van der Waals surface area contributed by atoms with E-state index in [0.717, 1.165) is 42.7 Å². The van der Waals surface area contributed by atoms with Gasteiger partial charge in [-0.3, -0.25) is 9.59 Å². The van der Waals surface area contributed by atoms with Crippen molar-refractivity contribution in [1.82, 2.24) is 15.3 Å². The first-order valence-corrected chi connectivity index (χ1v) is 11.6. The van der Waals surface area contributed by atoms with Gasteiger partial charge in [0.15, 0.2) is 5.78 Å². The monoisotopic (exact) mass is 441 g/mol. The molecule has 1 amide bonds. The van der Waals surface area contributed by atoms with E-state index < -0.39 is 5.41 Å². The number of ketones is 1. The molecule has 1 N–H and O–H groups in total. The largest absolute Gasteiger partial charge is 0.457 e. The average molecular weight is 442 g/mol. The molecular weight excluding hydrogens is 414 g/mol. The highest BCUT2D eigenvalue weighted by atomic mass is 16.5. The van der Waals surface area contributed by atoms with Gasteiger partial charge in [0.05, 0.1) is 11.0 Å². The Morgan fingerprint density at radius 2 is 1.73 bits per heavy atom. The van der Waals surface area contributed by atoms with Crippen molar-refractivity contribution in [1.29, 1.82) is 0 Å². The molecule has 6 heteroatoms. The topological polar surface area (TPSA) is 81.2 Å². The van der Waals surface area contributed by atoms with Crippen molar-refractivity contribution in [3.63, 3.8) is 0 Å². The van der Waals surface area contributed by atoms with Crippen molar-refractivity contribution >= 4 is 11.7 Å². The fourth-order valence-electron chi connectivity index (χ4n) is 4.50. The second-order valence-electron chi connectivity index (χ2n) is 9.04. The fourth-order valence-corrected chi connectivity index (χ4v) is 4.50. The molecule has 1 fully saturated rings. The first kappa shape index (κ1) is 21.3. The van der Waals surface area contributed by atoms with E-state index in [1.807, 2.05) is 30.3 Å². The normalized spacial score (nSPS) is 15.9. The van der Waals surface area contributed by atoms with Gasteiger partial charge in [0.25, 0.3) is 0 Å². The second-order valence-corrected chi connectivity index (χ2v) is 9.04. The number of fused-ring (bicyclic) bond motifs is 1. The Morgan fingerprint density at radius 3 is 2.48 bits per heavy atom. The summed E-state index contributed by atoms with van der Waals surface area (Å²) in [5, 5.41) is 3.01. The SMILES string of the molecule is O=C(CC1(C(=O)NCc2ccc(Oc3cccc4c3CCCC4)cc2)CC1)c1cncnc1. The van der Waals surface area contributed by atoms with Gasteiger partial charge < -0.3 is 10.1 Å². The highest BCUT2D eigenvalue weighted by molar-refractivity contribution is 6.00. The minimum atomic E-state index is -0.595. The summed E-state index contributed by atoms with van der Waals surface area (Å²) in [5.41, 5.74) is 3.57. The summed E-state index contributed by atoms with van der Waals surface area (Å²) in [4.78, 5) is 33.1. The fraction of sp³-hybridized carbons (Fsp3) is 0.333. The Kier molecular flexibility index (Phi) is 5.90. The van der Waals surface area contributed by atoms with Crippen molar-refractivity contribution < 1.29 is 14.3 Å². The van der Waals surface area contributed by atoms with Crippen molar-refractivity contribution in [3.05, 3.63) is 83.4 Å². The highest BCUT2D eigenvalue weighted by Crippen LogP contribution is 2.49. The molecular formula is C27H27N3O3. The molecule has 168 valence electrons. The van der Waals surface area contributed by atoms with Crippen LogP contribution in [0, 0.1) is 5.41 Å². The third-order valence-electron chi connectivity index (χ3n) is 6.67. The Hall–Kier alpha value is -3.54. The second kappa shape index (κ2) is 9.14. The molecule has 0 atom stereocenters. The molecule has 1 saturated carbocycles. The van der Waals surface area contributed by atoms with Crippen molar-refractivity contribution in [2.75, 3.05) is 0 Å². The molecule has 33 heavy (non-hydrogen) atoms. The van der Waals surface area contributed by atoms with E-state index in [9.17, 15) is 9.59 Å². The van der Waals surface area contributed by atoms with Crippen LogP contribution in [-0.2, 0) is 24.2 Å². The van der Waals surface area contributed by atoms with E-state index >= 15 is 0 Å². The summed E-state index contributed by atoms with van der Waals surface area (Å²) in [6.45, 7) is 0.421. The van der Waals surface area contributed by atoms with Crippen LogP contribution in [0.3, 0.4) is 0 Å². The van der Waals surface area contributed by atoms with Crippen LogP contribution in [0.2, 0.25) is 0 Å². The predicted molar refractivity (Wildman–Crippen MR) is 124 cm³/mol. The Labute approximate surface area is 193 Å². The number of nitrogens with one attached hydrogen (secondary N) is 1. The van der Waals surface area contributed by atoms with Gasteiger partial charge in [-0.1, -0.05) is 24.3 Å². The summed E-state index contributed by atoms with van der Waals surface area (Å²) in [6.07, 6.45) is 10.7. The number of carbonyl (C=O) groups excluding carboxylic acids is 2. The van der Waals surface area contributed by atoms with E-state index in [4.69, 9.17) is 4.74 Å². The number of aromatic nitrogens is 2. The average Bonchev–Trinajstić information content (AvgIpc) is 3.65. The lowest BCUT2D eigenvalue weighted by Gasteiger charge is -2.19. The van der Waals surface area contributed by atoms with E-state index in [-0.39, 0.29) is 18.1 Å². The lowest BCUT2D eigenvalue weighted by molar-refractivity contribution is -0.126. The molecule has 2 aromatic carbocycles. The number of benzene rings is 2. The first-order valence-electron chi connectivity index (χ1n) is 11.6. The van der Waals surface area contributed by atoms with E-state index in [2.05, 4.69) is 27.4 Å². The molecule has 2 aliphatic rings. The summed E-state index contributed by atoms with van der Waals surface area (Å²) in [6, 6.07) is 14.1. The van der Waals surface area contributed by atoms with Crippen LogP contribution in [0.25, 0.3) is 0 Å². The number of ether oxygens (including phenoxy) is 1. The Balaban J connectivity index is 1.17. The molecule has 0 bridgehead atoms. The van der Waals surface area contributed by atoms with Gasteiger partial charge in [0.1, 0.15) is 17.8 Å². The summed E-state index contributed by atoms with van der Waals surface area (Å²) in [5.74, 6) is 1.58. The molecule has 0 spiro atoms. The number of hydrogen-bond donors (Lipinski definition) is 1. The first-order chi connectivity index (χ1) is 16.1. The number of rotatable bonds is 8. The van der Waals surface area contributed by atoms with Gasteiger partial charge in [-0.05, 0) is 73.4 Å². The van der Waals surface area contributed by atoms with E-state index in [1.54, 1.807) is 0 Å². The van der Waals surface area contributed by atoms with Crippen LogP contribution >= 0.6 is 0 Å². The maximum Gasteiger partial charge on any atom is 0.226 e. The Bertz CT molecular complexity index is 1150. The number of hydrogen-bond acceptors (Lipinski definition) is 5. The van der Waals surface area contributed by atoms with Crippen LogP contribution in [0.5, 0.6) is 11.5 Å². The van der Waals surface area contributed by atoms with E-state index in [0.29, 0.717) is 12.1 Å². The third kappa shape index (κ3) is 4.80. The van der Waals surface area contributed by atoms with E-state index in [1.165, 1.54) is 42.7 Å². The highest BCUT2D eigenvalue weighted by Gasteiger charge is 2.51. The quantitative estimate of drug-likeness (QED) is 0.507. The number of amides is 1. The smallest absolute Gasteiger partial charge is 0.226 e. The lowest BCUT2D eigenvalue weighted by atomic mass is 9.91. The van der Waals surface area contributed by atoms with Crippen molar-refractivity contribution in [2.45, 2.75) is 51.5 Å². The predicted octanol–water partition coefficient (Wildman–Crippen LogP) is 4.82. The van der Waals surface area contributed by atoms with Crippen LogP contribution in [0.4, 0.5) is 0 Å². The minimum Gasteiger partial charge on any atom is -0.457 e. The Morgan fingerprint density at radius 1 is 0.970 bits per heavy atom. The third-order valence-corrected chi connectivity index (χ3v) is 6.67. The molecule has 0 radical (unpaired) electrons. The van der Waals surface area contributed by atoms with Gasteiger partial charge in [-0.15, -0.1) is 0 Å². The number of Topliss-reactive ketones (excluding diaryl/α,β-unsaturated/α-hetero) is 1. The maximum absolute atomic E-state index is 12.8.